The van der Waals surface area contributed by atoms with E-state index >= 15 is 0 Å². The summed E-state index contributed by atoms with van der Waals surface area (Å²) in [5, 5.41) is 11.1. The molecule has 0 bridgehead atoms. The summed E-state index contributed by atoms with van der Waals surface area (Å²) >= 11 is 10.2. The second-order valence-electron chi connectivity index (χ2n) is 2.58. The van der Waals surface area contributed by atoms with Crippen LogP contribution < -0.4 is 0 Å². The fourth-order valence-electron chi connectivity index (χ4n) is 0.694. The predicted octanol–water partition coefficient (Wildman–Crippen LogP) is 0.645. The molecule has 0 fully saturated rings. The van der Waals surface area contributed by atoms with Crippen LogP contribution in [0.15, 0.2) is 5.16 Å². The monoisotopic (exact) mass is 285 g/mol. The lowest BCUT2D eigenvalue weighted by atomic mass is 10.3. The number of oxime groups is 1. The average molecular weight is 286 g/mol. The van der Waals surface area contributed by atoms with Crippen molar-refractivity contribution in [3.8, 4) is 0 Å². The van der Waals surface area contributed by atoms with Crippen LogP contribution in [0, 0.1) is 0 Å². The first kappa shape index (κ1) is 15.7. The van der Waals surface area contributed by atoms with Gasteiger partial charge in [-0.3, -0.25) is 14.4 Å². The minimum Gasteiger partial charge on any atom is -0.408 e. The summed E-state index contributed by atoms with van der Waals surface area (Å²) in [7, 11) is 0. The molecule has 0 rings (SSSR count). The van der Waals surface area contributed by atoms with Gasteiger partial charge in [0.15, 0.2) is 0 Å². The van der Waals surface area contributed by atoms with Gasteiger partial charge in [-0.2, -0.15) is 0 Å². The zero-order chi connectivity index (χ0) is 13.3. The van der Waals surface area contributed by atoms with Crippen LogP contribution in [0.3, 0.4) is 0 Å². The highest BCUT2D eigenvalue weighted by Crippen LogP contribution is 2.00. The number of ether oxygens (including phenoxy) is 2. The van der Waals surface area contributed by atoms with Crippen LogP contribution in [0.25, 0.3) is 0 Å². The molecule has 0 unspecified atom stereocenters. The molecule has 1 N–H and O–H groups in total. The molecular formula is C8H9Cl2NO6. The number of alkyl halides is 2. The molecule has 7 nitrogen and oxygen atoms in total. The summed E-state index contributed by atoms with van der Waals surface area (Å²) in [5.41, 5.74) is 0. The summed E-state index contributed by atoms with van der Waals surface area (Å²) in [6, 6.07) is 0. The SMILES string of the molecule is O=C(CCl)OC(=O)CC/C(=N/O)OC(=O)CCl. The van der Waals surface area contributed by atoms with Gasteiger partial charge in [0.1, 0.15) is 11.8 Å². The van der Waals surface area contributed by atoms with Crippen molar-refractivity contribution < 1.29 is 29.1 Å². The fraction of sp³-hybridized carbons (Fsp3) is 0.500. The Hall–Kier alpha value is -1.34. The summed E-state index contributed by atoms with van der Waals surface area (Å²) in [6.07, 6.45) is -0.523. The topological polar surface area (TPSA) is 102 Å². The maximum Gasteiger partial charge on any atom is 0.328 e. The van der Waals surface area contributed by atoms with Gasteiger partial charge < -0.3 is 14.7 Å². The van der Waals surface area contributed by atoms with E-state index < -0.39 is 35.6 Å². The molecule has 0 aliphatic rings. The molecule has 0 aromatic rings. The first-order chi connectivity index (χ1) is 8.03. The van der Waals surface area contributed by atoms with E-state index in [-0.39, 0.29) is 12.8 Å². The smallest absolute Gasteiger partial charge is 0.328 e. The van der Waals surface area contributed by atoms with E-state index in [2.05, 4.69) is 14.6 Å². The van der Waals surface area contributed by atoms with Gasteiger partial charge in [-0.15, -0.1) is 23.2 Å². The van der Waals surface area contributed by atoms with E-state index in [9.17, 15) is 14.4 Å². The Labute approximate surface area is 106 Å². The molecule has 0 saturated heterocycles. The van der Waals surface area contributed by atoms with Crippen LogP contribution in [-0.4, -0.2) is 40.8 Å². The molecule has 0 heterocycles. The number of nitrogens with zero attached hydrogens (tertiary/aromatic N) is 1. The molecule has 0 amide bonds. The number of esters is 3. The third kappa shape index (κ3) is 7.53. The van der Waals surface area contributed by atoms with Gasteiger partial charge in [0.2, 0.25) is 5.90 Å². The Kier molecular flexibility index (Phi) is 8.08. The normalized spacial score (nSPS) is 10.8. The van der Waals surface area contributed by atoms with E-state index in [1.807, 2.05) is 0 Å². The van der Waals surface area contributed by atoms with Crippen LogP contribution in [0.4, 0.5) is 0 Å². The first-order valence-corrected chi connectivity index (χ1v) is 5.37. The van der Waals surface area contributed by atoms with E-state index in [1.165, 1.54) is 0 Å². The minimum atomic E-state index is -0.892. The molecule has 0 atom stereocenters. The predicted molar refractivity (Wildman–Crippen MR) is 57.1 cm³/mol. The second-order valence-corrected chi connectivity index (χ2v) is 3.12. The number of carbonyl (C=O) groups is 3. The number of carbonyl (C=O) groups excluding carboxylic acids is 3. The van der Waals surface area contributed by atoms with E-state index in [1.54, 1.807) is 0 Å². The van der Waals surface area contributed by atoms with Crippen molar-refractivity contribution in [1.29, 1.82) is 0 Å². The minimum absolute atomic E-state index is 0.215. The molecule has 0 aliphatic heterocycles. The molecule has 0 aliphatic carbocycles. The van der Waals surface area contributed by atoms with Crippen molar-refractivity contribution in [3.63, 3.8) is 0 Å². The number of rotatable bonds is 5. The molecule has 0 saturated carbocycles. The lowest BCUT2D eigenvalue weighted by Gasteiger charge is -2.03. The summed E-state index contributed by atoms with van der Waals surface area (Å²) in [4.78, 5) is 32.3. The van der Waals surface area contributed by atoms with Gasteiger partial charge >= 0.3 is 17.9 Å². The largest absolute Gasteiger partial charge is 0.408 e. The van der Waals surface area contributed by atoms with Crippen molar-refractivity contribution in [2.45, 2.75) is 12.8 Å². The van der Waals surface area contributed by atoms with Gasteiger partial charge in [0.05, 0.1) is 6.42 Å². The zero-order valence-corrected chi connectivity index (χ0v) is 10.0. The third-order valence-corrected chi connectivity index (χ3v) is 1.77. The van der Waals surface area contributed by atoms with Crippen molar-refractivity contribution in [2.75, 3.05) is 11.8 Å². The van der Waals surface area contributed by atoms with E-state index in [4.69, 9.17) is 28.4 Å². The van der Waals surface area contributed by atoms with Crippen LogP contribution >= 0.6 is 23.2 Å². The maximum absolute atomic E-state index is 11.0. The molecule has 9 heteroatoms. The van der Waals surface area contributed by atoms with Crippen LogP contribution in [0.2, 0.25) is 0 Å². The molecule has 0 radical (unpaired) electrons. The van der Waals surface area contributed by atoms with E-state index in [0.29, 0.717) is 0 Å². The van der Waals surface area contributed by atoms with Gasteiger partial charge in [-0.1, -0.05) is 5.16 Å². The van der Waals surface area contributed by atoms with Crippen molar-refractivity contribution in [3.05, 3.63) is 0 Å². The Morgan fingerprint density at radius 1 is 0.941 bits per heavy atom. The summed E-state index contributed by atoms with van der Waals surface area (Å²) in [6.45, 7) is 0. The lowest BCUT2D eigenvalue weighted by molar-refractivity contribution is -0.157. The Morgan fingerprint density at radius 3 is 1.94 bits per heavy atom. The molecule has 0 aromatic heterocycles. The quantitative estimate of drug-likeness (QED) is 0.151. The zero-order valence-electron chi connectivity index (χ0n) is 8.52. The molecule has 96 valence electrons. The van der Waals surface area contributed by atoms with Gasteiger partial charge in [-0.05, 0) is 0 Å². The highest BCUT2D eigenvalue weighted by Gasteiger charge is 2.14. The van der Waals surface area contributed by atoms with Gasteiger partial charge in [0.25, 0.3) is 0 Å². The number of hydrogen-bond donors (Lipinski definition) is 1. The fourth-order valence-corrected chi connectivity index (χ4v) is 0.804. The van der Waals surface area contributed by atoms with Gasteiger partial charge in [0, 0.05) is 6.42 Å². The van der Waals surface area contributed by atoms with Gasteiger partial charge in [-0.25, -0.2) is 0 Å². The third-order valence-electron chi connectivity index (χ3n) is 1.33. The molecule has 0 spiro atoms. The highest BCUT2D eigenvalue weighted by atomic mass is 35.5. The Balaban J connectivity index is 4.03. The maximum atomic E-state index is 11.0. The number of halogens is 2. The number of hydrogen-bond acceptors (Lipinski definition) is 7. The highest BCUT2D eigenvalue weighted by molar-refractivity contribution is 6.27. The molecule has 17 heavy (non-hydrogen) atoms. The van der Waals surface area contributed by atoms with Crippen molar-refractivity contribution in [1.82, 2.24) is 0 Å². The molecular weight excluding hydrogens is 277 g/mol. The second kappa shape index (κ2) is 8.77. The molecule has 0 aromatic carbocycles. The van der Waals surface area contributed by atoms with Crippen LogP contribution in [0.5, 0.6) is 0 Å². The Bertz CT molecular complexity index is 330. The lowest BCUT2D eigenvalue weighted by Crippen LogP contribution is -2.17. The van der Waals surface area contributed by atoms with Crippen molar-refractivity contribution >= 4 is 47.0 Å². The van der Waals surface area contributed by atoms with Crippen LogP contribution in [-0.2, 0) is 23.9 Å². The van der Waals surface area contributed by atoms with Crippen LogP contribution in [0.1, 0.15) is 12.8 Å². The Morgan fingerprint density at radius 2 is 1.47 bits per heavy atom. The summed E-state index contributed by atoms with van der Waals surface area (Å²) in [5.74, 6) is -3.87. The summed E-state index contributed by atoms with van der Waals surface area (Å²) < 4.78 is 8.65. The van der Waals surface area contributed by atoms with E-state index in [0.717, 1.165) is 0 Å². The standard InChI is InChI=1S/C8H9Cl2NO6/c9-3-7(13)16-5(11-15)1-2-6(12)17-8(14)4-10/h15H,1-4H2/b11-5-. The first-order valence-electron chi connectivity index (χ1n) is 4.30. The average Bonchev–Trinajstić information content (AvgIpc) is 2.33. The van der Waals surface area contributed by atoms with Crippen molar-refractivity contribution in [2.24, 2.45) is 5.16 Å².